The predicted octanol–water partition coefficient (Wildman–Crippen LogP) is 2.66. The molecule has 120 valence electrons. The quantitative estimate of drug-likeness (QED) is 0.389. The minimum Gasteiger partial charge on any atom is -0.378 e. The molecule has 0 bridgehead atoms. The standard InChI is InChI=1S/C15H20N4OS.HI/c1-18-9-12-21-15(18)17-14(19-7-10-20-11-8-19)16-13-5-3-2-4-6-13;/h2-6H,7-12H2,1H3;1H. The van der Waals surface area contributed by atoms with Crippen LogP contribution in [0.1, 0.15) is 0 Å². The lowest BCUT2D eigenvalue weighted by Gasteiger charge is -2.28. The molecule has 2 heterocycles. The molecule has 5 nitrogen and oxygen atoms in total. The SMILES string of the molecule is CN1CCSC1=NC(=Nc1ccccc1)N1CCOCC1.I. The van der Waals surface area contributed by atoms with Gasteiger partial charge in [-0.3, -0.25) is 0 Å². The van der Waals surface area contributed by atoms with Gasteiger partial charge in [0.2, 0.25) is 5.96 Å². The normalized spacial score (nSPS) is 21.1. The van der Waals surface area contributed by atoms with E-state index in [1.807, 2.05) is 30.3 Å². The highest BCUT2D eigenvalue weighted by Crippen LogP contribution is 2.18. The van der Waals surface area contributed by atoms with Crippen LogP contribution in [0, 0.1) is 0 Å². The second kappa shape index (κ2) is 8.73. The smallest absolute Gasteiger partial charge is 0.228 e. The number of hydrogen-bond acceptors (Lipinski definition) is 3. The van der Waals surface area contributed by atoms with E-state index in [1.54, 1.807) is 11.8 Å². The van der Waals surface area contributed by atoms with Crippen LogP contribution in [-0.2, 0) is 4.74 Å². The van der Waals surface area contributed by atoms with Crippen molar-refractivity contribution < 1.29 is 4.74 Å². The van der Waals surface area contributed by atoms with Crippen LogP contribution in [-0.4, -0.2) is 66.6 Å². The van der Waals surface area contributed by atoms with E-state index in [0.717, 1.165) is 55.4 Å². The minimum absolute atomic E-state index is 0. The van der Waals surface area contributed by atoms with Crippen LogP contribution in [0.5, 0.6) is 0 Å². The third kappa shape index (κ3) is 4.60. The zero-order valence-electron chi connectivity index (χ0n) is 12.6. The number of amidine groups is 1. The first kappa shape index (κ1) is 17.6. The Bertz CT molecular complexity index is 532. The Hall–Kier alpha value is -0.800. The van der Waals surface area contributed by atoms with Gasteiger partial charge in [-0.05, 0) is 12.1 Å². The lowest BCUT2D eigenvalue weighted by molar-refractivity contribution is 0.0676. The molecule has 1 aromatic carbocycles. The number of thioether (sulfide) groups is 1. The maximum absolute atomic E-state index is 5.43. The molecule has 2 fully saturated rings. The Morgan fingerprint density at radius 3 is 2.50 bits per heavy atom. The van der Waals surface area contributed by atoms with Gasteiger partial charge in [0, 0.05) is 32.4 Å². The highest BCUT2D eigenvalue weighted by Gasteiger charge is 2.20. The second-order valence-electron chi connectivity index (χ2n) is 5.01. The third-order valence-corrected chi connectivity index (χ3v) is 4.51. The van der Waals surface area contributed by atoms with E-state index < -0.39 is 0 Å². The van der Waals surface area contributed by atoms with Gasteiger partial charge in [0.1, 0.15) is 0 Å². The van der Waals surface area contributed by atoms with Crippen LogP contribution in [0.15, 0.2) is 40.3 Å². The molecule has 2 aliphatic rings. The summed E-state index contributed by atoms with van der Waals surface area (Å²) in [6.45, 7) is 4.21. The summed E-state index contributed by atoms with van der Waals surface area (Å²) in [4.78, 5) is 13.9. The van der Waals surface area contributed by atoms with Crippen molar-refractivity contribution >= 4 is 52.6 Å². The Balaban J connectivity index is 0.00000176. The molecule has 0 radical (unpaired) electrons. The number of guanidine groups is 1. The van der Waals surface area contributed by atoms with E-state index in [1.165, 1.54) is 0 Å². The molecule has 0 unspecified atom stereocenters. The first-order valence-electron chi connectivity index (χ1n) is 7.22. The maximum Gasteiger partial charge on any atom is 0.228 e. The summed E-state index contributed by atoms with van der Waals surface area (Å²) in [5.74, 6) is 1.89. The van der Waals surface area contributed by atoms with Crippen molar-refractivity contribution in [2.75, 3.05) is 45.6 Å². The van der Waals surface area contributed by atoms with Crippen LogP contribution in [0.3, 0.4) is 0 Å². The van der Waals surface area contributed by atoms with Crippen LogP contribution >= 0.6 is 35.7 Å². The lowest BCUT2D eigenvalue weighted by Crippen LogP contribution is -2.40. The van der Waals surface area contributed by atoms with Gasteiger partial charge in [0.25, 0.3) is 0 Å². The Morgan fingerprint density at radius 1 is 1.14 bits per heavy atom. The van der Waals surface area contributed by atoms with Gasteiger partial charge in [0.05, 0.1) is 18.9 Å². The molecule has 2 saturated heterocycles. The largest absolute Gasteiger partial charge is 0.378 e. The van der Waals surface area contributed by atoms with Gasteiger partial charge in [-0.2, -0.15) is 4.99 Å². The van der Waals surface area contributed by atoms with E-state index >= 15 is 0 Å². The highest BCUT2D eigenvalue weighted by atomic mass is 127. The summed E-state index contributed by atoms with van der Waals surface area (Å²) in [5, 5.41) is 1.05. The fourth-order valence-electron chi connectivity index (χ4n) is 2.23. The van der Waals surface area contributed by atoms with Gasteiger partial charge >= 0.3 is 0 Å². The average Bonchev–Trinajstić information content (AvgIpc) is 2.94. The monoisotopic (exact) mass is 432 g/mol. The van der Waals surface area contributed by atoms with E-state index in [-0.39, 0.29) is 24.0 Å². The number of nitrogens with zero attached hydrogens (tertiary/aromatic N) is 4. The number of hydrogen-bond donors (Lipinski definition) is 0. The number of benzene rings is 1. The molecule has 0 aliphatic carbocycles. The Kier molecular flexibility index (Phi) is 6.97. The number of aliphatic imine (C=N–C) groups is 2. The van der Waals surface area contributed by atoms with Gasteiger partial charge in [-0.15, -0.1) is 24.0 Å². The second-order valence-corrected chi connectivity index (χ2v) is 6.07. The van der Waals surface area contributed by atoms with Gasteiger partial charge in [-0.1, -0.05) is 30.0 Å². The van der Waals surface area contributed by atoms with Crippen molar-refractivity contribution in [3.63, 3.8) is 0 Å². The van der Waals surface area contributed by atoms with Crippen molar-refractivity contribution in [3.05, 3.63) is 30.3 Å². The predicted molar refractivity (Wildman–Crippen MR) is 104 cm³/mol. The number of ether oxygens (including phenoxy) is 1. The van der Waals surface area contributed by atoms with Crippen molar-refractivity contribution in [1.82, 2.24) is 9.80 Å². The van der Waals surface area contributed by atoms with Crippen molar-refractivity contribution in [1.29, 1.82) is 0 Å². The summed E-state index contributed by atoms with van der Waals surface area (Å²) in [6, 6.07) is 10.0. The minimum atomic E-state index is 0. The van der Waals surface area contributed by atoms with Gasteiger partial charge in [0.15, 0.2) is 5.17 Å². The van der Waals surface area contributed by atoms with Gasteiger partial charge in [-0.25, -0.2) is 4.99 Å². The first-order valence-corrected chi connectivity index (χ1v) is 8.20. The molecule has 0 spiro atoms. The molecule has 0 atom stereocenters. The summed E-state index contributed by atoms with van der Waals surface area (Å²) in [7, 11) is 2.08. The summed E-state index contributed by atoms with van der Waals surface area (Å²) < 4.78 is 5.43. The number of morpholine rings is 1. The van der Waals surface area contributed by atoms with Crippen LogP contribution in [0.2, 0.25) is 0 Å². The summed E-state index contributed by atoms with van der Waals surface area (Å²) in [5.41, 5.74) is 0.939. The van der Waals surface area contributed by atoms with E-state index in [4.69, 9.17) is 14.7 Å². The molecule has 22 heavy (non-hydrogen) atoms. The van der Waals surface area contributed by atoms with Crippen molar-refractivity contribution in [2.24, 2.45) is 9.98 Å². The molecule has 7 heteroatoms. The molecule has 0 saturated carbocycles. The van der Waals surface area contributed by atoms with Crippen LogP contribution in [0.4, 0.5) is 5.69 Å². The Morgan fingerprint density at radius 2 is 1.86 bits per heavy atom. The maximum atomic E-state index is 5.43. The van der Waals surface area contributed by atoms with E-state index in [0.29, 0.717) is 0 Å². The fraction of sp³-hybridized carbons (Fsp3) is 0.467. The molecule has 1 aromatic rings. The molecule has 3 rings (SSSR count). The molecule has 0 N–H and O–H groups in total. The van der Waals surface area contributed by atoms with Crippen molar-refractivity contribution in [3.8, 4) is 0 Å². The number of para-hydroxylation sites is 1. The third-order valence-electron chi connectivity index (χ3n) is 3.46. The van der Waals surface area contributed by atoms with E-state index in [9.17, 15) is 0 Å². The summed E-state index contributed by atoms with van der Waals surface area (Å²) in [6.07, 6.45) is 0. The fourth-order valence-corrected chi connectivity index (χ4v) is 3.24. The molecular formula is C15H21IN4OS. The Labute approximate surface area is 152 Å². The first-order chi connectivity index (χ1) is 10.3. The van der Waals surface area contributed by atoms with Gasteiger partial charge < -0.3 is 14.5 Å². The highest BCUT2D eigenvalue weighted by molar-refractivity contribution is 14.0. The topological polar surface area (TPSA) is 40.4 Å². The molecule has 2 aliphatic heterocycles. The molecule has 0 aromatic heterocycles. The van der Waals surface area contributed by atoms with Crippen molar-refractivity contribution in [2.45, 2.75) is 0 Å². The zero-order valence-corrected chi connectivity index (χ0v) is 15.8. The number of halogens is 1. The summed E-state index contributed by atoms with van der Waals surface area (Å²) >= 11 is 1.79. The average molecular weight is 432 g/mol. The van der Waals surface area contributed by atoms with Crippen LogP contribution in [0.25, 0.3) is 0 Å². The van der Waals surface area contributed by atoms with E-state index in [2.05, 4.69) is 16.8 Å². The van der Waals surface area contributed by atoms with Crippen LogP contribution < -0.4 is 0 Å². The number of rotatable bonds is 1. The zero-order chi connectivity index (χ0) is 14.5. The molecule has 0 amide bonds. The molecular weight excluding hydrogens is 411 g/mol. The lowest BCUT2D eigenvalue weighted by atomic mass is 10.3.